The Balaban J connectivity index is 0.000000166. The van der Waals surface area contributed by atoms with Gasteiger partial charge in [0.2, 0.25) is 0 Å². The van der Waals surface area contributed by atoms with Crippen molar-refractivity contribution in [1.82, 2.24) is 9.97 Å². The van der Waals surface area contributed by atoms with Gasteiger partial charge in [-0.1, -0.05) is 143 Å². The maximum absolute atomic E-state index is 4.66. The summed E-state index contributed by atoms with van der Waals surface area (Å²) in [7, 11) is 0. The molecule has 2 nitrogen and oxygen atoms in total. The molecular weight excluding hydrogens is 845 g/mol. The van der Waals surface area contributed by atoms with Crippen LogP contribution in [0.3, 0.4) is 0 Å². The number of aromatic nitrogens is 2. The molecule has 2 heterocycles. The molecule has 6 aromatic carbocycles. The van der Waals surface area contributed by atoms with Crippen molar-refractivity contribution in [1.29, 1.82) is 0 Å². The van der Waals surface area contributed by atoms with Crippen molar-refractivity contribution >= 4 is 0 Å². The molecule has 8 aromatic rings. The average molecular weight is 887 g/mol. The van der Waals surface area contributed by atoms with Crippen LogP contribution in [-0.4, -0.2) is 9.97 Å². The van der Waals surface area contributed by atoms with Crippen LogP contribution in [0.4, 0.5) is 0 Å². The minimum atomic E-state index is -0.0519. The van der Waals surface area contributed by atoms with Crippen molar-refractivity contribution in [2.75, 3.05) is 0 Å². The molecule has 1 aliphatic carbocycles. The Morgan fingerprint density at radius 3 is 1.56 bits per heavy atom. The van der Waals surface area contributed by atoms with Gasteiger partial charge in [-0.3, -0.25) is 0 Å². The van der Waals surface area contributed by atoms with Crippen LogP contribution in [0, 0.1) is 12.1 Å². The monoisotopic (exact) mass is 887 g/mol. The fourth-order valence-electron chi connectivity index (χ4n) is 7.55. The Morgan fingerprint density at radius 2 is 0.982 bits per heavy atom. The summed E-state index contributed by atoms with van der Waals surface area (Å²) in [6, 6.07) is 65.7. The molecule has 55 heavy (non-hydrogen) atoms. The molecule has 3 heteroatoms. The fourth-order valence-corrected chi connectivity index (χ4v) is 7.55. The molecule has 0 bridgehead atoms. The van der Waals surface area contributed by atoms with Crippen LogP contribution in [0.1, 0.15) is 49.9 Å². The van der Waals surface area contributed by atoms with Crippen molar-refractivity contribution in [3.63, 3.8) is 0 Å². The molecule has 0 N–H and O–H groups in total. The summed E-state index contributed by atoms with van der Waals surface area (Å²) in [4.78, 5) is 9.31. The first-order valence-electron chi connectivity index (χ1n) is 18.6. The largest absolute Gasteiger partial charge is 0.304 e. The average Bonchev–Trinajstić information content (AvgIpc) is 3.47. The van der Waals surface area contributed by atoms with E-state index in [9.17, 15) is 0 Å². The third-order valence-electron chi connectivity index (χ3n) is 10.8. The summed E-state index contributed by atoms with van der Waals surface area (Å²) in [6.45, 7) is 9.17. The van der Waals surface area contributed by atoms with Gasteiger partial charge in [0, 0.05) is 43.3 Å². The van der Waals surface area contributed by atoms with E-state index in [1.807, 2.05) is 60.9 Å². The van der Waals surface area contributed by atoms with Crippen molar-refractivity contribution < 1.29 is 20.1 Å². The zero-order valence-corrected chi connectivity index (χ0v) is 33.9. The van der Waals surface area contributed by atoms with Crippen LogP contribution >= 0.6 is 0 Å². The normalized spacial score (nSPS) is 12.4. The molecule has 0 saturated carbocycles. The van der Waals surface area contributed by atoms with Crippen LogP contribution in [-0.2, 0) is 30.9 Å². The second kappa shape index (κ2) is 15.9. The van der Waals surface area contributed by atoms with E-state index in [0.717, 1.165) is 33.6 Å². The fraction of sp³-hybridized carbons (Fsp3) is 0.115. The molecule has 0 amide bonds. The van der Waals surface area contributed by atoms with Crippen molar-refractivity contribution in [2.24, 2.45) is 0 Å². The number of hydrogen-bond donors (Lipinski definition) is 0. The van der Waals surface area contributed by atoms with Gasteiger partial charge in [0.1, 0.15) is 0 Å². The summed E-state index contributed by atoms with van der Waals surface area (Å²) in [5.74, 6) is 0. The standard InChI is InChI=1S/C26H20N.C26H22N.Ir/c1-26(2)23-11-7-6-10-21(23)22-14-12-19(16-24(22)26)20-13-15-25(27-17-20)18-8-4-3-5-9-18;1-26(2,23-13-7-4-8-14-23)24-15-9-12-21(18-24)22-16-17-25(27-19-22)20-10-5-3-6-11-20;/h3-8,10-17H,1-2H3;3-10,12-19H,1-2H3;/q2*-1;. The van der Waals surface area contributed by atoms with Gasteiger partial charge in [0.15, 0.2) is 0 Å². The number of fused-ring (bicyclic) bond motifs is 3. The van der Waals surface area contributed by atoms with Gasteiger partial charge in [0.25, 0.3) is 0 Å². The predicted molar refractivity (Wildman–Crippen MR) is 224 cm³/mol. The van der Waals surface area contributed by atoms with Gasteiger partial charge >= 0.3 is 0 Å². The second-order valence-electron chi connectivity index (χ2n) is 14.9. The van der Waals surface area contributed by atoms with Gasteiger partial charge in [0.05, 0.1) is 0 Å². The van der Waals surface area contributed by atoms with E-state index in [4.69, 9.17) is 0 Å². The topological polar surface area (TPSA) is 25.8 Å². The Hall–Kier alpha value is -5.73. The molecule has 0 spiro atoms. The molecule has 0 unspecified atom stereocenters. The predicted octanol–water partition coefficient (Wildman–Crippen LogP) is 13.1. The third kappa shape index (κ3) is 7.64. The van der Waals surface area contributed by atoms with Crippen molar-refractivity contribution in [3.05, 3.63) is 217 Å². The summed E-state index contributed by atoms with van der Waals surface area (Å²) >= 11 is 0. The van der Waals surface area contributed by atoms with Crippen molar-refractivity contribution in [2.45, 2.75) is 38.5 Å². The smallest absolute Gasteiger partial charge is 0.0239 e. The second-order valence-corrected chi connectivity index (χ2v) is 14.9. The van der Waals surface area contributed by atoms with Crippen molar-refractivity contribution in [3.8, 4) is 55.9 Å². The molecule has 9 rings (SSSR count). The van der Waals surface area contributed by atoms with E-state index in [1.54, 1.807) is 0 Å². The van der Waals surface area contributed by atoms with Crippen LogP contribution < -0.4 is 0 Å². The maximum atomic E-state index is 4.66. The maximum Gasteiger partial charge on any atom is 0.0239 e. The van der Waals surface area contributed by atoms with Crippen LogP contribution in [0.25, 0.3) is 55.9 Å². The molecule has 0 saturated heterocycles. The van der Waals surface area contributed by atoms with E-state index >= 15 is 0 Å². The Bertz CT molecular complexity index is 2500. The number of nitrogens with zero attached hydrogens (tertiary/aromatic N) is 2. The van der Waals surface area contributed by atoms with E-state index in [1.165, 1.54) is 44.5 Å². The summed E-state index contributed by atoms with van der Waals surface area (Å²) in [5, 5.41) is 0. The SMILES string of the molecule is CC(C)(c1ccccc1)c1cccc(-c2ccc(-c3[c-]cccc3)nc2)c1.CC1(C)c2ccccc2-c2ccc(-c3ccc(-c4[c-]cccc4)nc3)cc21.[Ir]. The Labute approximate surface area is 339 Å². The third-order valence-corrected chi connectivity index (χ3v) is 10.8. The molecule has 1 aliphatic rings. The van der Waals surface area contributed by atoms with Crippen LogP contribution in [0.15, 0.2) is 182 Å². The van der Waals surface area contributed by atoms with Gasteiger partial charge in [-0.15, -0.1) is 71.8 Å². The zero-order valence-electron chi connectivity index (χ0n) is 31.5. The summed E-state index contributed by atoms with van der Waals surface area (Å²) < 4.78 is 0. The molecular formula is C52H42IrN2-2. The molecule has 0 aliphatic heterocycles. The first-order chi connectivity index (χ1) is 26.3. The van der Waals surface area contributed by atoms with Gasteiger partial charge < -0.3 is 9.97 Å². The minimum absolute atomic E-state index is 0. The molecule has 271 valence electrons. The van der Waals surface area contributed by atoms with Gasteiger partial charge in [-0.05, 0) is 73.1 Å². The molecule has 0 fully saturated rings. The number of rotatable bonds is 6. The first kappa shape index (κ1) is 37.6. The summed E-state index contributed by atoms with van der Waals surface area (Å²) in [6.07, 6.45) is 3.91. The molecule has 1 radical (unpaired) electrons. The summed E-state index contributed by atoms with van der Waals surface area (Å²) in [5.41, 5.74) is 16.7. The quantitative estimate of drug-likeness (QED) is 0.156. The van der Waals surface area contributed by atoms with Gasteiger partial charge in [-0.25, -0.2) is 0 Å². The number of benzene rings is 6. The van der Waals surface area contributed by atoms with E-state index in [-0.39, 0.29) is 30.9 Å². The number of hydrogen-bond acceptors (Lipinski definition) is 2. The number of pyridine rings is 2. The van der Waals surface area contributed by atoms with Crippen LogP contribution in [0.2, 0.25) is 0 Å². The van der Waals surface area contributed by atoms with E-state index in [2.05, 4.69) is 171 Å². The van der Waals surface area contributed by atoms with E-state index < -0.39 is 0 Å². The van der Waals surface area contributed by atoms with Gasteiger partial charge in [-0.2, -0.15) is 0 Å². The van der Waals surface area contributed by atoms with E-state index in [0.29, 0.717) is 0 Å². The molecule has 0 atom stereocenters. The van der Waals surface area contributed by atoms with Crippen LogP contribution in [0.5, 0.6) is 0 Å². The Kier molecular flexibility index (Phi) is 10.9. The molecule has 2 aromatic heterocycles. The minimum Gasteiger partial charge on any atom is -0.304 e. The zero-order chi connectivity index (χ0) is 37.1. The Morgan fingerprint density at radius 1 is 0.455 bits per heavy atom. The first-order valence-corrected chi connectivity index (χ1v) is 18.6.